The van der Waals surface area contributed by atoms with Crippen LogP contribution in [0.1, 0.15) is 12.5 Å². The molecule has 0 spiro atoms. The quantitative estimate of drug-likeness (QED) is 0.538. The molecule has 1 aliphatic heterocycles. The Labute approximate surface area is 150 Å². The number of aliphatic imine (C=N–C) groups is 1. The molecule has 0 amide bonds. The van der Waals surface area contributed by atoms with Crippen LogP contribution >= 0.6 is 0 Å². The standard InChI is InChI=1S/C17H28N4O3S/c1-3-18-17(20-14-15-4-6-16(24-2)7-5-15)19-8-9-21-10-12-25(22,23)13-11-21/h4-7H,3,8-14H2,1-2H3,(H2,18,19,20). The summed E-state index contributed by atoms with van der Waals surface area (Å²) in [5.41, 5.74) is 1.11. The number of guanidine groups is 1. The van der Waals surface area contributed by atoms with Gasteiger partial charge in [0.15, 0.2) is 15.8 Å². The summed E-state index contributed by atoms with van der Waals surface area (Å²) in [4.78, 5) is 6.75. The zero-order valence-corrected chi connectivity index (χ0v) is 15.8. The molecule has 1 saturated heterocycles. The van der Waals surface area contributed by atoms with Crippen LogP contribution in [0.5, 0.6) is 5.75 Å². The van der Waals surface area contributed by atoms with Crippen molar-refractivity contribution in [2.24, 2.45) is 4.99 Å². The molecule has 1 aromatic carbocycles. The van der Waals surface area contributed by atoms with E-state index in [1.165, 1.54) is 0 Å². The molecule has 2 N–H and O–H groups in total. The van der Waals surface area contributed by atoms with Crippen LogP contribution in [-0.2, 0) is 16.4 Å². The minimum absolute atomic E-state index is 0.263. The second-order valence-electron chi connectivity index (χ2n) is 5.96. The van der Waals surface area contributed by atoms with Crippen molar-refractivity contribution >= 4 is 15.8 Å². The van der Waals surface area contributed by atoms with Crippen molar-refractivity contribution < 1.29 is 13.2 Å². The van der Waals surface area contributed by atoms with Crippen LogP contribution in [0.4, 0.5) is 0 Å². The maximum absolute atomic E-state index is 11.4. The number of hydrogen-bond acceptors (Lipinski definition) is 5. The first kappa shape index (κ1) is 19.5. The lowest BCUT2D eigenvalue weighted by molar-refractivity contribution is 0.299. The molecule has 1 aliphatic rings. The summed E-state index contributed by atoms with van der Waals surface area (Å²) in [5.74, 6) is 2.13. The lowest BCUT2D eigenvalue weighted by Crippen LogP contribution is -2.45. The Kier molecular flexibility index (Phi) is 7.52. The van der Waals surface area contributed by atoms with Crippen molar-refractivity contribution in [2.45, 2.75) is 13.5 Å². The average Bonchev–Trinajstić information content (AvgIpc) is 2.61. The van der Waals surface area contributed by atoms with Crippen molar-refractivity contribution in [3.05, 3.63) is 29.8 Å². The van der Waals surface area contributed by atoms with E-state index < -0.39 is 9.84 Å². The van der Waals surface area contributed by atoms with Crippen LogP contribution in [0.25, 0.3) is 0 Å². The van der Waals surface area contributed by atoms with Gasteiger partial charge in [0.05, 0.1) is 25.2 Å². The molecule has 25 heavy (non-hydrogen) atoms. The first-order valence-electron chi connectivity index (χ1n) is 8.60. The van der Waals surface area contributed by atoms with Gasteiger partial charge in [-0.2, -0.15) is 0 Å². The van der Waals surface area contributed by atoms with Gasteiger partial charge in [0, 0.05) is 32.7 Å². The fourth-order valence-electron chi connectivity index (χ4n) is 2.55. The van der Waals surface area contributed by atoms with E-state index in [1.54, 1.807) is 7.11 Å². The molecular weight excluding hydrogens is 340 g/mol. The molecule has 0 aliphatic carbocycles. The number of hydrogen-bond donors (Lipinski definition) is 2. The third-order valence-electron chi connectivity index (χ3n) is 4.08. The first-order chi connectivity index (χ1) is 12.0. The predicted octanol–water partition coefficient (Wildman–Crippen LogP) is 0.481. The zero-order chi connectivity index (χ0) is 18.1. The van der Waals surface area contributed by atoms with E-state index in [2.05, 4.69) is 20.5 Å². The van der Waals surface area contributed by atoms with E-state index in [-0.39, 0.29) is 11.5 Å². The average molecular weight is 369 g/mol. The largest absolute Gasteiger partial charge is 0.497 e. The van der Waals surface area contributed by atoms with Crippen LogP contribution in [0.3, 0.4) is 0 Å². The summed E-state index contributed by atoms with van der Waals surface area (Å²) >= 11 is 0. The Bertz CT molecular complexity index is 645. The maximum atomic E-state index is 11.4. The van der Waals surface area contributed by atoms with Gasteiger partial charge in [-0.1, -0.05) is 12.1 Å². The molecule has 2 rings (SSSR count). The van der Waals surface area contributed by atoms with Crippen LogP contribution in [0.2, 0.25) is 0 Å². The monoisotopic (exact) mass is 368 g/mol. The van der Waals surface area contributed by atoms with Gasteiger partial charge in [-0.05, 0) is 24.6 Å². The van der Waals surface area contributed by atoms with E-state index in [0.717, 1.165) is 36.9 Å². The number of nitrogens with one attached hydrogen (secondary N) is 2. The van der Waals surface area contributed by atoms with E-state index in [1.807, 2.05) is 31.2 Å². The van der Waals surface area contributed by atoms with E-state index >= 15 is 0 Å². The van der Waals surface area contributed by atoms with Gasteiger partial charge in [-0.3, -0.25) is 4.90 Å². The number of methoxy groups -OCH3 is 1. The Morgan fingerprint density at radius 1 is 1.20 bits per heavy atom. The molecule has 0 bridgehead atoms. The van der Waals surface area contributed by atoms with Gasteiger partial charge in [0.25, 0.3) is 0 Å². The summed E-state index contributed by atoms with van der Waals surface area (Å²) in [5, 5.41) is 6.53. The van der Waals surface area contributed by atoms with Gasteiger partial charge in [-0.25, -0.2) is 13.4 Å². The van der Waals surface area contributed by atoms with Crippen LogP contribution in [-0.4, -0.2) is 70.6 Å². The number of ether oxygens (including phenoxy) is 1. The molecular formula is C17H28N4O3S. The zero-order valence-electron chi connectivity index (χ0n) is 15.0. The molecule has 0 aromatic heterocycles. The molecule has 7 nitrogen and oxygen atoms in total. The SMILES string of the molecule is CCNC(=NCc1ccc(OC)cc1)NCCN1CCS(=O)(=O)CC1. The summed E-state index contributed by atoms with van der Waals surface area (Å²) in [7, 11) is -1.17. The Morgan fingerprint density at radius 2 is 1.88 bits per heavy atom. The molecule has 0 saturated carbocycles. The molecule has 8 heteroatoms. The highest BCUT2D eigenvalue weighted by Crippen LogP contribution is 2.11. The summed E-state index contributed by atoms with van der Waals surface area (Å²) < 4.78 is 28.0. The Balaban J connectivity index is 1.79. The molecule has 1 aromatic rings. The van der Waals surface area contributed by atoms with Crippen molar-refractivity contribution in [1.29, 1.82) is 0 Å². The van der Waals surface area contributed by atoms with E-state index in [4.69, 9.17) is 4.74 Å². The fraction of sp³-hybridized carbons (Fsp3) is 0.588. The second-order valence-corrected chi connectivity index (χ2v) is 8.27. The smallest absolute Gasteiger partial charge is 0.191 e. The van der Waals surface area contributed by atoms with Crippen molar-refractivity contribution in [2.75, 3.05) is 51.3 Å². The van der Waals surface area contributed by atoms with Gasteiger partial charge in [-0.15, -0.1) is 0 Å². The van der Waals surface area contributed by atoms with Gasteiger partial charge in [0.2, 0.25) is 0 Å². The fourth-order valence-corrected chi connectivity index (χ4v) is 3.83. The van der Waals surface area contributed by atoms with Gasteiger partial charge >= 0.3 is 0 Å². The lowest BCUT2D eigenvalue weighted by atomic mass is 10.2. The Morgan fingerprint density at radius 3 is 2.48 bits per heavy atom. The molecule has 0 radical (unpaired) electrons. The number of nitrogens with zero attached hydrogens (tertiary/aromatic N) is 2. The minimum atomic E-state index is -2.82. The number of benzene rings is 1. The highest BCUT2D eigenvalue weighted by molar-refractivity contribution is 7.91. The van der Waals surface area contributed by atoms with Crippen molar-refractivity contribution in [3.63, 3.8) is 0 Å². The van der Waals surface area contributed by atoms with Crippen molar-refractivity contribution in [1.82, 2.24) is 15.5 Å². The molecule has 1 heterocycles. The topological polar surface area (TPSA) is 83.0 Å². The summed E-state index contributed by atoms with van der Waals surface area (Å²) in [6.07, 6.45) is 0. The molecule has 140 valence electrons. The van der Waals surface area contributed by atoms with Crippen LogP contribution in [0.15, 0.2) is 29.3 Å². The minimum Gasteiger partial charge on any atom is -0.497 e. The second kappa shape index (κ2) is 9.62. The van der Waals surface area contributed by atoms with Gasteiger partial charge in [0.1, 0.15) is 5.75 Å². The molecule has 1 fully saturated rings. The van der Waals surface area contributed by atoms with Crippen LogP contribution in [0, 0.1) is 0 Å². The van der Waals surface area contributed by atoms with E-state index in [9.17, 15) is 8.42 Å². The molecule has 0 atom stereocenters. The third kappa shape index (κ3) is 6.91. The first-order valence-corrected chi connectivity index (χ1v) is 10.4. The number of rotatable bonds is 7. The number of sulfone groups is 1. The highest BCUT2D eigenvalue weighted by atomic mass is 32.2. The maximum Gasteiger partial charge on any atom is 0.191 e. The summed E-state index contributed by atoms with van der Waals surface area (Å²) in [6.45, 7) is 6.17. The predicted molar refractivity (Wildman–Crippen MR) is 101 cm³/mol. The highest BCUT2D eigenvalue weighted by Gasteiger charge is 2.20. The van der Waals surface area contributed by atoms with Gasteiger partial charge < -0.3 is 15.4 Å². The van der Waals surface area contributed by atoms with Crippen molar-refractivity contribution in [3.8, 4) is 5.75 Å². The molecule has 0 unspecified atom stereocenters. The normalized spacial score (nSPS) is 17.9. The summed E-state index contributed by atoms with van der Waals surface area (Å²) in [6, 6.07) is 7.85. The van der Waals surface area contributed by atoms with E-state index in [0.29, 0.717) is 19.6 Å². The lowest BCUT2D eigenvalue weighted by Gasteiger charge is -2.26. The third-order valence-corrected chi connectivity index (χ3v) is 5.69. The Hall–Kier alpha value is -1.80. The van der Waals surface area contributed by atoms with Crippen LogP contribution < -0.4 is 15.4 Å².